The number of nitrogens with zero attached hydrogens (tertiary/aromatic N) is 1. The Balaban J connectivity index is 2.79. The Bertz CT molecular complexity index is 293. The first-order chi connectivity index (χ1) is 7.91. The van der Waals surface area contributed by atoms with Crippen molar-refractivity contribution in [3.05, 3.63) is 0 Å². The fourth-order valence-electron chi connectivity index (χ4n) is 2.41. The summed E-state index contributed by atoms with van der Waals surface area (Å²) in [6, 6.07) is 0.236. The van der Waals surface area contributed by atoms with Gasteiger partial charge in [0, 0.05) is 12.6 Å². The number of carboxylic acids is 1. The number of carbonyl (C=O) groups excluding carboxylic acids is 1. The van der Waals surface area contributed by atoms with Crippen LogP contribution in [0.15, 0.2) is 0 Å². The van der Waals surface area contributed by atoms with Crippen molar-refractivity contribution in [3.8, 4) is 0 Å². The number of aliphatic carboxylic acids is 1. The topological polar surface area (TPSA) is 57.6 Å². The van der Waals surface area contributed by atoms with Crippen LogP contribution >= 0.6 is 0 Å². The molecule has 0 unspecified atom stereocenters. The van der Waals surface area contributed by atoms with Crippen molar-refractivity contribution in [2.24, 2.45) is 5.41 Å². The molecule has 4 nitrogen and oxygen atoms in total. The van der Waals surface area contributed by atoms with Crippen LogP contribution in [0.1, 0.15) is 52.9 Å². The van der Waals surface area contributed by atoms with Crippen LogP contribution in [0, 0.1) is 5.41 Å². The van der Waals surface area contributed by atoms with Crippen LogP contribution in [0.2, 0.25) is 0 Å². The molecular weight excluding hydrogens is 218 g/mol. The van der Waals surface area contributed by atoms with Gasteiger partial charge in [0.1, 0.15) is 5.41 Å². The van der Waals surface area contributed by atoms with Crippen molar-refractivity contribution in [2.75, 3.05) is 6.54 Å². The van der Waals surface area contributed by atoms with E-state index in [-0.39, 0.29) is 11.9 Å². The molecule has 1 amide bonds. The van der Waals surface area contributed by atoms with Crippen molar-refractivity contribution in [3.63, 3.8) is 0 Å². The van der Waals surface area contributed by atoms with E-state index in [4.69, 9.17) is 5.11 Å². The van der Waals surface area contributed by atoms with Gasteiger partial charge in [0.15, 0.2) is 0 Å². The molecule has 0 heterocycles. The monoisotopic (exact) mass is 241 g/mol. The molecule has 98 valence electrons. The first kappa shape index (κ1) is 14.0. The summed E-state index contributed by atoms with van der Waals surface area (Å²) in [4.78, 5) is 25.2. The average molecular weight is 241 g/mol. The number of hydrogen-bond donors (Lipinski definition) is 1. The van der Waals surface area contributed by atoms with E-state index in [1.165, 1.54) is 20.3 Å². The summed E-state index contributed by atoms with van der Waals surface area (Å²) in [6.07, 6.45) is 5.53. The SMILES string of the molecule is CCN(C(=O)C(C)(C)C(=O)O)C1CCCCC1. The van der Waals surface area contributed by atoms with Gasteiger partial charge in [-0.25, -0.2) is 0 Å². The molecule has 0 aromatic carbocycles. The number of hydrogen-bond acceptors (Lipinski definition) is 2. The Kier molecular flexibility index (Phi) is 4.54. The highest BCUT2D eigenvalue weighted by molar-refractivity contribution is 6.01. The number of carboxylic acid groups (broad SMARTS) is 1. The molecule has 0 aliphatic heterocycles. The minimum atomic E-state index is -1.31. The summed E-state index contributed by atoms with van der Waals surface area (Å²) in [7, 11) is 0. The Morgan fingerprint density at radius 2 is 1.76 bits per heavy atom. The average Bonchev–Trinajstić information content (AvgIpc) is 2.31. The molecule has 1 aliphatic carbocycles. The second-order valence-corrected chi connectivity index (χ2v) is 5.31. The highest BCUT2D eigenvalue weighted by Crippen LogP contribution is 2.27. The fourth-order valence-corrected chi connectivity index (χ4v) is 2.41. The van der Waals surface area contributed by atoms with Crippen LogP contribution in [-0.2, 0) is 9.59 Å². The van der Waals surface area contributed by atoms with Gasteiger partial charge in [-0.1, -0.05) is 19.3 Å². The van der Waals surface area contributed by atoms with Crippen molar-refractivity contribution in [2.45, 2.75) is 58.9 Å². The summed E-state index contributed by atoms with van der Waals surface area (Å²) in [5.74, 6) is -1.30. The van der Waals surface area contributed by atoms with E-state index in [0.29, 0.717) is 6.54 Å². The second-order valence-electron chi connectivity index (χ2n) is 5.31. The molecule has 1 fully saturated rings. The molecule has 1 aliphatic rings. The minimum Gasteiger partial charge on any atom is -0.480 e. The molecular formula is C13H23NO3. The predicted molar refractivity (Wildman–Crippen MR) is 65.7 cm³/mol. The molecule has 0 aromatic rings. The van der Waals surface area contributed by atoms with E-state index in [0.717, 1.165) is 25.7 Å². The summed E-state index contributed by atoms with van der Waals surface area (Å²) in [5, 5.41) is 9.11. The third-order valence-electron chi connectivity index (χ3n) is 3.69. The standard InChI is InChI=1S/C13H23NO3/c1-4-14(10-8-6-5-7-9-10)11(15)13(2,3)12(16)17/h10H,4-9H2,1-3H3,(H,16,17). The smallest absolute Gasteiger partial charge is 0.318 e. The zero-order valence-corrected chi connectivity index (χ0v) is 11.0. The molecule has 17 heavy (non-hydrogen) atoms. The molecule has 0 aromatic heterocycles. The molecule has 0 radical (unpaired) electrons. The maximum Gasteiger partial charge on any atom is 0.318 e. The zero-order valence-electron chi connectivity index (χ0n) is 11.0. The van der Waals surface area contributed by atoms with Crippen LogP contribution in [-0.4, -0.2) is 34.5 Å². The van der Waals surface area contributed by atoms with Crippen LogP contribution in [0.25, 0.3) is 0 Å². The summed E-state index contributed by atoms with van der Waals surface area (Å²) >= 11 is 0. The Labute approximate surface area is 103 Å². The molecule has 4 heteroatoms. The van der Waals surface area contributed by atoms with Crippen molar-refractivity contribution < 1.29 is 14.7 Å². The Morgan fingerprint density at radius 1 is 1.24 bits per heavy atom. The predicted octanol–water partition coefficient (Wildman–Crippen LogP) is 2.28. The Hall–Kier alpha value is -1.06. The zero-order chi connectivity index (χ0) is 13.1. The minimum absolute atomic E-state index is 0.236. The molecule has 1 saturated carbocycles. The van der Waals surface area contributed by atoms with Crippen LogP contribution in [0.3, 0.4) is 0 Å². The fraction of sp³-hybridized carbons (Fsp3) is 0.846. The van der Waals surface area contributed by atoms with Gasteiger partial charge in [-0.05, 0) is 33.6 Å². The maximum atomic E-state index is 12.3. The number of rotatable bonds is 4. The van der Waals surface area contributed by atoms with Gasteiger partial charge in [-0.3, -0.25) is 9.59 Å². The highest BCUT2D eigenvalue weighted by Gasteiger charge is 2.40. The van der Waals surface area contributed by atoms with E-state index in [2.05, 4.69) is 0 Å². The normalized spacial score (nSPS) is 17.8. The van der Waals surface area contributed by atoms with E-state index >= 15 is 0 Å². The van der Waals surface area contributed by atoms with Crippen LogP contribution in [0.5, 0.6) is 0 Å². The van der Waals surface area contributed by atoms with Gasteiger partial charge in [-0.15, -0.1) is 0 Å². The summed E-state index contributed by atoms with van der Waals surface area (Å²) < 4.78 is 0. The Morgan fingerprint density at radius 3 is 2.18 bits per heavy atom. The lowest BCUT2D eigenvalue weighted by atomic mass is 9.88. The molecule has 0 bridgehead atoms. The molecule has 0 atom stereocenters. The summed E-state index contributed by atoms with van der Waals surface area (Å²) in [5.41, 5.74) is -1.31. The number of amides is 1. The lowest BCUT2D eigenvalue weighted by Gasteiger charge is -2.37. The lowest BCUT2D eigenvalue weighted by Crippen LogP contribution is -2.50. The van der Waals surface area contributed by atoms with Gasteiger partial charge in [0.2, 0.25) is 5.91 Å². The van der Waals surface area contributed by atoms with E-state index in [9.17, 15) is 9.59 Å². The van der Waals surface area contributed by atoms with E-state index in [1.54, 1.807) is 4.90 Å². The van der Waals surface area contributed by atoms with Gasteiger partial charge >= 0.3 is 5.97 Å². The quantitative estimate of drug-likeness (QED) is 0.768. The van der Waals surface area contributed by atoms with Gasteiger partial charge < -0.3 is 10.0 Å². The molecule has 0 saturated heterocycles. The lowest BCUT2D eigenvalue weighted by molar-refractivity contribution is -0.159. The van der Waals surface area contributed by atoms with Crippen molar-refractivity contribution >= 4 is 11.9 Å². The van der Waals surface area contributed by atoms with Gasteiger partial charge in [-0.2, -0.15) is 0 Å². The third kappa shape index (κ3) is 2.99. The largest absolute Gasteiger partial charge is 0.480 e. The molecule has 1 rings (SSSR count). The highest BCUT2D eigenvalue weighted by atomic mass is 16.4. The van der Waals surface area contributed by atoms with Crippen LogP contribution in [0.4, 0.5) is 0 Å². The molecule has 1 N–H and O–H groups in total. The number of carbonyl (C=O) groups is 2. The van der Waals surface area contributed by atoms with E-state index < -0.39 is 11.4 Å². The van der Waals surface area contributed by atoms with Crippen molar-refractivity contribution in [1.82, 2.24) is 4.90 Å². The maximum absolute atomic E-state index is 12.3. The first-order valence-corrected chi connectivity index (χ1v) is 6.45. The molecule has 0 spiro atoms. The first-order valence-electron chi connectivity index (χ1n) is 6.45. The second kappa shape index (κ2) is 5.52. The third-order valence-corrected chi connectivity index (χ3v) is 3.69. The summed E-state index contributed by atoms with van der Waals surface area (Å²) in [6.45, 7) is 5.50. The van der Waals surface area contributed by atoms with Gasteiger partial charge in [0.25, 0.3) is 0 Å². The van der Waals surface area contributed by atoms with Crippen LogP contribution < -0.4 is 0 Å². The van der Waals surface area contributed by atoms with Crippen molar-refractivity contribution in [1.29, 1.82) is 0 Å². The van der Waals surface area contributed by atoms with Gasteiger partial charge in [0.05, 0.1) is 0 Å². The van der Waals surface area contributed by atoms with E-state index in [1.807, 2.05) is 6.92 Å².